The quantitative estimate of drug-likeness (QED) is 0.910. The van der Waals surface area contributed by atoms with Gasteiger partial charge in [0.1, 0.15) is 11.6 Å². The van der Waals surface area contributed by atoms with Crippen molar-refractivity contribution < 1.29 is 9.18 Å². The average Bonchev–Trinajstić information content (AvgIpc) is 2.35. The third kappa shape index (κ3) is 3.79. The van der Waals surface area contributed by atoms with Crippen LogP contribution in [0.1, 0.15) is 24.8 Å². The van der Waals surface area contributed by atoms with E-state index in [2.05, 4.69) is 5.32 Å². The molecule has 1 heterocycles. The fourth-order valence-corrected chi connectivity index (χ4v) is 2.49. The van der Waals surface area contributed by atoms with Gasteiger partial charge in [0.25, 0.3) is 0 Å². The molecule has 2 rings (SSSR count). The highest BCUT2D eigenvalue weighted by molar-refractivity contribution is 6.30. The average molecular weight is 270 g/mol. The van der Waals surface area contributed by atoms with Crippen molar-refractivity contribution in [3.8, 4) is 0 Å². The van der Waals surface area contributed by atoms with Crippen LogP contribution < -0.4 is 5.32 Å². The predicted molar refractivity (Wildman–Crippen MR) is 70.3 cm³/mol. The summed E-state index contributed by atoms with van der Waals surface area (Å²) in [5.41, 5.74) is 0.700. The maximum atomic E-state index is 13.2. The van der Waals surface area contributed by atoms with E-state index >= 15 is 0 Å². The summed E-state index contributed by atoms with van der Waals surface area (Å²) < 4.78 is 13.2. The second kappa shape index (κ2) is 6.30. The zero-order valence-corrected chi connectivity index (χ0v) is 11.0. The topological polar surface area (TPSA) is 29.1 Å². The normalized spacial score (nSPS) is 19.8. The van der Waals surface area contributed by atoms with Crippen molar-refractivity contribution in [3.05, 3.63) is 34.6 Å². The summed E-state index contributed by atoms with van der Waals surface area (Å²) >= 11 is 5.60. The molecule has 1 N–H and O–H groups in total. The first-order valence-corrected chi connectivity index (χ1v) is 6.69. The Morgan fingerprint density at radius 2 is 2.33 bits per heavy atom. The number of nitrogens with one attached hydrogen (secondary N) is 1. The van der Waals surface area contributed by atoms with Crippen molar-refractivity contribution in [2.24, 2.45) is 5.92 Å². The molecule has 1 saturated heterocycles. The number of hydrogen-bond donors (Lipinski definition) is 1. The van der Waals surface area contributed by atoms with Crippen molar-refractivity contribution in [2.75, 3.05) is 13.1 Å². The second-order valence-electron chi connectivity index (χ2n) is 4.88. The molecule has 1 aromatic rings. The maximum Gasteiger partial charge on any atom is 0.142 e. The highest BCUT2D eigenvalue weighted by atomic mass is 35.5. The number of piperidine rings is 1. The van der Waals surface area contributed by atoms with Crippen LogP contribution >= 0.6 is 11.6 Å². The van der Waals surface area contributed by atoms with Gasteiger partial charge in [-0.3, -0.25) is 4.79 Å². The van der Waals surface area contributed by atoms with Crippen LogP contribution in [0.15, 0.2) is 18.2 Å². The molecule has 1 atom stereocenters. The number of hydrogen-bond acceptors (Lipinski definition) is 2. The molecule has 1 aliphatic rings. The van der Waals surface area contributed by atoms with Crippen molar-refractivity contribution in [2.45, 2.75) is 25.7 Å². The molecule has 2 nitrogen and oxygen atoms in total. The molecule has 0 spiro atoms. The number of rotatable bonds is 4. The Bertz CT molecular complexity index is 430. The molecule has 1 aliphatic heterocycles. The molecule has 18 heavy (non-hydrogen) atoms. The summed E-state index contributed by atoms with van der Waals surface area (Å²) in [5.74, 6) is 0.148. The van der Waals surface area contributed by atoms with Gasteiger partial charge in [-0.25, -0.2) is 4.39 Å². The van der Waals surface area contributed by atoms with E-state index in [4.69, 9.17) is 11.6 Å². The standard InChI is InChI=1S/C14H17ClFNO/c15-13-4-3-10(8-14(13)16)6-12(18)7-11-2-1-5-17-9-11/h3-4,8,11,17H,1-2,5-7,9H2. The lowest BCUT2D eigenvalue weighted by molar-refractivity contribution is -0.119. The maximum absolute atomic E-state index is 13.2. The molecule has 0 saturated carbocycles. The highest BCUT2D eigenvalue weighted by Crippen LogP contribution is 2.18. The molecule has 1 unspecified atom stereocenters. The third-order valence-corrected chi connectivity index (χ3v) is 3.61. The van der Waals surface area contributed by atoms with Gasteiger partial charge in [0.15, 0.2) is 0 Å². The Labute approximate surface area is 112 Å². The molecule has 98 valence electrons. The first-order valence-electron chi connectivity index (χ1n) is 6.31. The number of carbonyl (C=O) groups is 1. The first-order chi connectivity index (χ1) is 8.65. The van der Waals surface area contributed by atoms with Gasteiger partial charge in [-0.1, -0.05) is 17.7 Å². The van der Waals surface area contributed by atoms with Gasteiger partial charge in [0.2, 0.25) is 0 Å². The lowest BCUT2D eigenvalue weighted by Crippen LogP contribution is -2.31. The van der Waals surface area contributed by atoms with Crippen LogP contribution in [-0.2, 0) is 11.2 Å². The fourth-order valence-electron chi connectivity index (χ4n) is 2.37. The van der Waals surface area contributed by atoms with Crippen LogP contribution in [0.4, 0.5) is 4.39 Å². The van der Waals surface area contributed by atoms with E-state index in [0.717, 1.165) is 25.9 Å². The Morgan fingerprint density at radius 3 is 3.00 bits per heavy atom. The SMILES string of the molecule is O=C(Cc1ccc(Cl)c(F)c1)CC1CCCNC1. The molecule has 0 aliphatic carbocycles. The molecule has 0 bridgehead atoms. The van der Waals surface area contributed by atoms with E-state index in [9.17, 15) is 9.18 Å². The van der Waals surface area contributed by atoms with Crippen LogP contribution in [0.5, 0.6) is 0 Å². The lowest BCUT2D eigenvalue weighted by atomic mass is 9.92. The summed E-state index contributed by atoms with van der Waals surface area (Å²) in [4.78, 5) is 11.9. The van der Waals surface area contributed by atoms with Crippen LogP contribution in [0.2, 0.25) is 5.02 Å². The zero-order valence-electron chi connectivity index (χ0n) is 10.2. The smallest absolute Gasteiger partial charge is 0.142 e. The van der Waals surface area contributed by atoms with Crippen LogP contribution in [0.25, 0.3) is 0 Å². The van der Waals surface area contributed by atoms with Gasteiger partial charge in [0, 0.05) is 12.8 Å². The summed E-state index contributed by atoms with van der Waals surface area (Å²) in [6.45, 7) is 1.97. The second-order valence-corrected chi connectivity index (χ2v) is 5.29. The minimum atomic E-state index is -0.457. The Hall–Kier alpha value is -0.930. The molecular formula is C14H17ClFNO. The molecule has 0 amide bonds. The van der Waals surface area contributed by atoms with Crippen molar-refractivity contribution in [1.29, 1.82) is 0 Å². The fraction of sp³-hybridized carbons (Fsp3) is 0.500. The van der Waals surface area contributed by atoms with Crippen molar-refractivity contribution in [1.82, 2.24) is 5.32 Å². The Balaban J connectivity index is 1.88. The molecule has 0 radical (unpaired) electrons. The van der Waals surface area contributed by atoms with Gasteiger partial charge in [0.05, 0.1) is 5.02 Å². The van der Waals surface area contributed by atoms with Crippen LogP contribution in [-0.4, -0.2) is 18.9 Å². The molecular weight excluding hydrogens is 253 g/mol. The number of Topliss-reactive ketones (excluding diaryl/α,β-unsaturated/α-hetero) is 1. The van der Waals surface area contributed by atoms with Gasteiger partial charge >= 0.3 is 0 Å². The minimum absolute atomic E-state index is 0.0997. The van der Waals surface area contributed by atoms with E-state index in [1.807, 2.05) is 0 Å². The number of carbonyl (C=O) groups excluding carboxylic acids is 1. The van der Waals surface area contributed by atoms with E-state index in [1.165, 1.54) is 12.1 Å². The zero-order chi connectivity index (χ0) is 13.0. The summed E-state index contributed by atoms with van der Waals surface area (Å²) in [5, 5.41) is 3.39. The summed E-state index contributed by atoms with van der Waals surface area (Å²) in [6.07, 6.45) is 3.11. The first kappa shape index (κ1) is 13.5. The Morgan fingerprint density at radius 1 is 1.50 bits per heavy atom. The van der Waals surface area contributed by atoms with E-state index in [-0.39, 0.29) is 10.8 Å². The number of halogens is 2. The van der Waals surface area contributed by atoms with Crippen LogP contribution in [0, 0.1) is 11.7 Å². The van der Waals surface area contributed by atoms with Gasteiger partial charge < -0.3 is 5.32 Å². The monoisotopic (exact) mass is 269 g/mol. The van der Waals surface area contributed by atoms with E-state index in [0.29, 0.717) is 24.3 Å². The number of ketones is 1. The molecule has 4 heteroatoms. The van der Waals surface area contributed by atoms with E-state index < -0.39 is 5.82 Å². The summed E-state index contributed by atoms with van der Waals surface area (Å²) in [7, 11) is 0. The molecule has 0 aromatic heterocycles. The van der Waals surface area contributed by atoms with Gasteiger partial charge in [-0.2, -0.15) is 0 Å². The minimum Gasteiger partial charge on any atom is -0.316 e. The Kier molecular flexibility index (Phi) is 4.72. The van der Waals surface area contributed by atoms with E-state index in [1.54, 1.807) is 6.07 Å². The highest BCUT2D eigenvalue weighted by Gasteiger charge is 2.17. The van der Waals surface area contributed by atoms with Crippen molar-refractivity contribution >= 4 is 17.4 Å². The molecule has 1 fully saturated rings. The lowest BCUT2D eigenvalue weighted by Gasteiger charge is -2.21. The third-order valence-electron chi connectivity index (χ3n) is 3.30. The summed E-state index contributed by atoms with van der Waals surface area (Å²) in [6, 6.07) is 4.56. The van der Waals surface area contributed by atoms with Crippen molar-refractivity contribution in [3.63, 3.8) is 0 Å². The number of benzene rings is 1. The largest absolute Gasteiger partial charge is 0.316 e. The predicted octanol–water partition coefficient (Wildman–Crippen LogP) is 2.98. The van der Waals surface area contributed by atoms with Gasteiger partial charge in [-0.05, 0) is 49.5 Å². The van der Waals surface area contributed by atoms with Gasteiger partial charge in [-0.15, -0.1) is 0 Å². The molecule has 1 aromatic carbocycles. The van der Waals surface area contributed by atoms with Crippen LogP contribution in [0.3, 0.4) is 0 Å².